The highest BCUT2D eigenvalue weighted by Gasteiger charge is 2.15. The van der Waals surface area contributed by atoms with Crippen molar-refractivity contribution in [1.29, 1.82) is 0 Å². The largest absolute Gasteiger partial charge is 0.493 e. The SMILES string of the molecule is Cc1ccc(C(=O)CCC(=O)c2ccc3c(c2)OCCC3)cc1. The number of fused-ring (bicyclic) bond motifs is 1. The number of carbonyl (C=O) groups is 2. The molecule has 3 heteroatoms. The first-order valence-electron chi connectivity index (χ1n) is 8.02. The molecule has 0 N–H and O–H groups in total. The maximum Gasteiger partial charge on any atom is 0.163 e. The molecule has 3 nitrogen and oxygen atoms in total. The van der Waals surface area contributed by atoms with E-state index < -0.39 is 0 Å². The standard InChI is InChI=1S/C20H20O3/c1-14-4-6-15(7-5-14)18(21)10-11-19(22)17-9-8-16-3-2-12-23-20(16)13-17/h4-9,13H,2-3,10-12H2,1H3. The summed E-state index contributed by atoms with van der Waals surface area (Å²) in [6, 6.07) is 13.1. The molecule has 0 saturated heterocycles. The topological polar surface area (TPSA) is 43.4 Å². The van der Waals surface area contributed by atoms with Crippen molar-refractivity contribution in [1.82, 2.24) is 0 Å². The number of carbonyl (C=O) groups excluding carboxylic acids is 2. The summed E-state index contributed by atoms with van der Waals surface area (Å²) >= 11 is 0. The number of benzene rings is 2. The maximum absolute atomic E-state index is 12.3. The Labute approximate surface area is 136 Å². The minimum atomic E-state index is -0.0116. The third-order valence-electron chi connectivity index (χ3n) is 4.19. The molecule has 118 valence electrons. The lowest BCUT2D eigenvalue weighted by Gasteiger charge is -2.17. The van der Waals surface area contributed by atoms with Crippen molar-refractivity contribution in [2.45, 2.75) is 32.6 Å². The van der Waals surface area contributed by atoms with Gasteiger partial charge in [-0.15, -0.1) is 0 Å². The fourth-order valence-electron chi connectivity index (χ4n) is 2.77. The first-order chi connectivity index (χ1) is 11.1. The molecule has 0 aliphatic carbocycles. The van der Waals surface area contributed by atoms with E-state index in [-0.39, 0.29) is 24.4 Å². The maximum atomic E-state index is 12.3. The average Bonchev–Trinajstić information content (AvgIpc) is 2.59. The van der Waals surface area contributed by atoms with E-state index in [1.165, 1.54) is 0 Å². The Morgan fingerprint density at radius 3 is 2.35 bits per heavy atom. The van der Waals surface area contributed by atoms with Gasteiger partial charge in [0, 0.05) is 24.0 Å². The Kier molecular flexibility index (Phi) is 4.56. The van der Waals surface area contributed by atoms with Gasteiger partial charge in [-0.2, -0.15) is 0 Å². The lowest BCUT2D eigenvalue weighted by Crippen LogP contribution is -2.10. The van der Waals surface area contributed by atoms with Crippen LogP contribution in [0.2, 0.25) is 0 Å². The van der Waals surface area contributed by atoms with Crippen molar-refractivity contribution in [2.24, 2.45) is 0 Å². The second-order valence-corrected chi connectivity index (χ2v) is 5.99. The Morgan fingerprint density at radius 1 is 0.957 bits per heavy atom. The fourth-order valence-corrected chi connectivity index (χ4v) is 2.77. The first-order valence-corrected chi connectivity index (χ1v) is 8.02. The summed E-state index contributed by atoms with van der Waals surface area (Å²) in [5.41, 5.74) is 3.56. The van der Waals surface area contributed by atoms with Crippen LogP contribution in [0.15, 0.2) is 42.5 Å². The summed E-state index contributed by atoms with van der Waals surface area (Å²) in [5, 5.41) is 0. The minimum absolute atomic E-state index is 0.00700. The van der Waals surface area contributed by atoms with Crippen LogP contribution in [0, 0.1) is 6.92 Å². The highest BCUT2D eigenvalue weighted by Crippen LogP contribution is 2.26. The van der Waals surface area contributed by atoms with E-state index in [0.29, 0.717) is 17.7 Å². The van der Waals surface area contributed by atoms with Crippen molar-refractivity contribution >= 4 is 11.6 Å². The van der Waals surface area contributed by atoms with Crippen LogP contribution in [0.25, 0.3) is 0 Å². The zero-order valence-corrected chi connectivity index (χ0v) is 13.3. The van der Waals surface area contributed by atoms with E-state index in [1.807, 2.05) is 49.4 Å². The molecule has 0 spiro atoms. The molecule has 23 heavy (non-hydrogen) atoms. The second kappa shape index (κ2) is 6.78. The summed E-state index contributed by atoms with van der Waals surface area (Å²) in [4.78, 5) is 24.5. The van der Waals surface area contributed by atoms with Gasteiger partial charge >= 0.3 is 0 Å². The van der Waals surface area contributed by atoms with Crippen LogP contribution in [0.4, 0.5) is 0 Å². The molecule has 0 atom stereocenters. The van der Waals surface area contributed by atoms with E-state index in [0.717, 1.165) is 29.7 Å². The van der Waals surface area contributed by atoms with Crippen LogP contribution < -0.4 is 4.74 Å². The number of ether oxygens (including phenoxy) is 1. The van der Waals surface area contributed by atoms with Gasteiger partial charge in [0.05, 0.1) is 6.61 Å². The van der Waals surface area contributed by atoms with Gasteiger partial charge < -0.3 is 4.74 Å². The second-order valence-electron chi connectivity index (χ2n) is 5.99. The van der Waals surface area contributed by atoms with Crippen LogP contribution in [0.5, 0.6) is 5.75 Å². The number of hydrogen-bond donors (Lipinski definition) is 0. The third kappa shape index (κ3) is 3.67. The van der Waals surface area contributed by atoms with Gasteiger partial charge in [0.25, 0.3) is 0 Å². The highest BCUT2D eigenvalue weighted by molar-refractivity contribution is 6.02. The van der Waals surface area contributed by atoms with Gasteiger partial charge in [-0.05, 0) is 31.4 Å². The zero-order chi connectivity index (χ0) is 16.2. The van der Waals surface area contributed by atoms with Crippen LogP contribution in [0.3, 0.4) is 0 Å². The van der Waals surface area contributed by atoms with E-state index in [9.17, 15) is 9.59 Å². The predicted octanol–water partition coefficient (Wildman–Crippen LogP) is 4.17. The molecule has 1 heterocycles. The molecule has 2 aromatic carbocycles. The molecule has 1 aliphatic rings. The molecular weight excluding hydrogens is 288 g/mol. The Hall–Kier alpha value is -2.42. The molecular formula is C20H20O3. The Balaban J connectivity index is 1.63. The first kappa shape index (κ1) is 15.5. The molecule has 0 amide bonds. The number of aryl methyl sites for hydroxylation is 2. The highest BCUT2D eigenvalue weighted by atomic mass is 16.5. The van der Waals surface area contributed by atoms with Crippen molar-refractivity contribution < 1.29 is 14.3 Å². The summed E-state index contributed by atoms with van der Waals surface area (Å²) in [7, 11) is 0. The van der Waals surface area contributed by atoms with Gasteiger partial charge in [-0.25, -0.2) is 0 Å². The van der Waals surface area contributed by atoms with Crippen molar-refractivity contribution in [3.63, 3.8) is 0 Å². The van der Waals surface area contributed by atoms with Gasteiger partial charge in [-0.3, -0.25) is 9.59 Å². The lowest BCUT2D eigenvalue weighted by molar-refractivity contribution is 0.0917. The van der Waals surface area contributed by atoms with E-state index >= 15 is 0 Å². The summed E-state index contributed by atoms with van der Waals surface area (Å²) in [6.45, 7) is 2.69. The number of rotatable bonds is 5. The molecule has 3 rings (SSSR count). The summed E-state index contributed by atoms with van der Waals surface area (Å²) < 4.78 is 5.60. The van der Waals surface area contributed by atoms with Crippen LogP contribution in [-0.2, 0) is 6.42 Å². The zero-order valence-electron chi connectivity index (χ0n) is 13.3. The lowest BCUT2D eigenvalue weighted by atomic mass is 9.98. The summed E-state index contributed by atoms with van der Waals surface area (Å²) in [5.74, 6) is 0.807. The predicted molar refractivity (Wildman–Crippen MR) is 89.3 cm³/mol. The van der Waals surface area contributed by atoms with Crippen molar-refractivity contribution in [3.05, 3.63) is 64.7 Å². The number of Topliss-reactive ketones (excluding diaryl/α,β-unsaturated/α-hetero) is 2. The Morgan fingerprint density at radius 2 is 1.61 bits per heavy atom. The monoisotopic (exact) mass is 308 g/mol. The van der Waals surface area contributed by atoms with Crippen molar-refractivity contribution in [2.75, 3.05) is 6.61 Å². The van der Waals surface area contributed by atoms with Gasteiger partial charge in [-0.1, -0.05) is 42.0 Å². The molecule has 0 unspecified atom stereocenters. The van der Waals surface area contributed by atoms with Crippen LogP contribution in [-0.4, -0.2) is 18.2 Å². The van der Waals surface area contributed by atoms with Crippen molar-refractivity contribution in [3.8, 4) is 5.75 Å². The molecule has 0 aromatic heterocycles. The smallest absolute Gasteiger partial charge is 0.163 e. The number of ketones is 2. The number of hydrogen-bond acceptors (Lipinski definition) is 3. The quantitative estimate of drug-likeness (QED) is 0.779. The fraction of sp³-hybridized carbons (Fsp3) is 0.300. The molecule has 2 aromatic rings. The third-order valence-corrected chi connectivity index (χ3v) is 4.19. The minimum Gasteiger partial charge on any atom is -0.493 e. The van der Waals surface area contributed by atoms with E-state index in [4.69, 9.17) is 4.74 Å². The molecule has 0 fully saturated rings. The molecule has 1 aliphatic heterocycles. The van der Waals surface area contributed by atoms with Gasteiger partial charge in [0.1, 0.15) is 5.75 Å². The normalized spacial score (nSPS) is 13.1. The molecule has 0 saturated carbocycles. The average molecular weight is 308 g/mol. The molecule has 0 bridgehead atoms. The Bertz CT molecular complexity index is 729. The van der Waals surface area contributed by atoms with E-state index in [2.05, 4.69) is 0 Å². The van der Waals surface area contributed by atoms with Crippen LogP contribution >= 0.6 is 0 Å². The molecule has 0 radical (unpaired) electrons. The van der Waals surface area contributed by atoms with Gasteiger partial charge in [0.15, 0.2) is 11.6 Å². The summed E-state index contributed by atoms with van der Waals surface area (Å²) in [6.07, 6.45) is 2.48. The van der Waals surface area contributed by atoms with E-state index in [1.54, 1.807) is 0 Å². The van der Waals surface area contributed by atoms with Gasteiger partial charge in [0.2, 0.25) is 0 Å². The van der Waals surface area contributed by atoms with Crippen LogP contribution in [0.1, 0.15) is 51.1 Å².